The highest BCUT2D eigenvalue weighted by Gasteiger charge is 2.38. The Morgan fingerprint density at radius 3 is 2.71 bits per heavy atom. The van der Waals surface area contributed by atoms with Gasteiger partial charge in [-0.15, -0.1) is 12.4 Å². The van der Waals surface area contributed by atoms with Gasteiger partial charge in [0.15, 0.2) is 0 Å². The number of rotatable bonds is 6. The van der Waals surface area contributed by atoms with E-state index in [4.69, 9.17) is 15.1 Å². The van der Waals surface area contributed by atoms with Crippen molar-refractivity contribution in [3.8, 4) is 11.5 Å². The number of carboxylic acids is 1. The number of fused-ring (bicyclic) bond motifs is 1. The van der Waals surface area contributed by atoms with E-state index in [2.05, 4.69) is 4.74 Å². The Morgan fingerprint density at radius 2 is 2.11 bits per heavy atom. The van der Waals surface area contributed by atoms with Crippen LogP contribution in [-0.4, -0.2) is 72.5 Å². The molecular weight excluding hydrogens is 390 g/mol. The molecule has 11 heteroatoms. The van der Waals surface area contributed by atoms with Crippen LogP contribution in [0.25, 0.3) is 0 Å². The molecule has 0 spiro atoms. The van der Waals surface area contributed by atoms with Gasteiger partial charge in [0.05, 0.1) is 7.11 Å². The summed E-state index contributed by atoms with van der Waals surface area (Å²) in [6, 6.07) is 3.38. The predicted octanol–water partition coefficient (Wildman–Crippen LogP) is 0.175. The second-order valence-corrected chi connectivity index (χ2v) is 7.19. The Balaban J connectivity index is 0.00000280. The molecule has 0 radical (unpaired) electrons. The van der Waals surface area contributed by atoms with Crippen molar-refractivity contribution in [3.05, 3.63) is 23.3 Å². The number of nitrogens with two attached hydrogens (primary N) is 1. The lowest BCUT2D eigenvalue weighted by Gasteiger charge is -2.42. The first-order valence-electron chi connectivity index (χ1n) is 8.71. The van der Waals surface area contributed by atoms with Crippen molar-refractivity contribution in [1.82, 2.24) is 4.90 Å². The number of aryl methyl sites for hydroxylation is 1. The fourth-order valence-corrected chi connectivity index (χ4v) is 3.38. The number of benzene rings is 1. The Bertz CT molecular complexity index is 755. The van der Waals surface area contributed by atoms with E-state index in [-0.39, 0.29) is 35.6 Å². The van der Waals surface area contributed by atoms with Crippen molar-refractivity contribution in [1.29, 1.82) is 0 Å². The van der Waals surface area contributed by atoms with Crippen molar-refractivity contribution < 1.29 is 33.8 Å². The number of likely N-dealkylation sites (tertiary alicyclic amines) is 1. The van der Waals surface area contributed by atoms with Gasteiger partial charge < -0.3 is 30.0 Å². The summed E-state index contributed by atoms with van der Waals surface area (Å²) in [4.78, 5) is 25.3. The van der Waals surface area contributed by atoms with E-state index in [1.165, 1.54) is 7.11 Å². The third-order valence-electron chi connectivity index (χ3n) is 4.75. The van der Waals surface area contributed by atoms with Gasteiger partial charge in [0.1, 0.15) is 28.7 Å². The first kappa shape index (κ1) is 22.3. The summed E-state index contributed by atoms with van der Waals surface area (Å²) >= 11 is 0. The van der Waals surface area contributed by atoms with Crippen molar-refractivity contribution in [2.45, 2.75) is 31.3 Å². The average molecular weight is 415 g/mol. The zero-order valence-electron chi connectivity index (χ0n) is 15.7. The van der Waals surface area contributed by atoms with Crippen LogP contribution in [0, 0.1) is 0 Å². The molecular formula is C17H24BClN2O7. The molecule has 0 saturated carbocycles. The number of carbonyl (C=O) groups is 2. The molecule has 1 aromatic rings. The molecule has 1 aromatic carbocycles. The van der Waals surface area contributed by atoms with Gasteiger partial charge in [-0.25, -0.2) is 4.79 Å². The number of methoxy groups -OCH3 is 1. The molecule has 2 aliphatic heterocycles. The smallest absolute Gasteiger partial charge is 0.522 e. The van der Waals surface area contributed by atoms with Crippen LogP contribution in [0.4, 0.5) is 0 Å². The molecule has 9 nitrogen and oxygen atoms in total. The first-order chi connectivity index (χ1) is 12.7. The minimum atomic E-state index is -1.17. The van der Waals surface area contributed by atoms with Gasteiger partial charge in [-0.2, -0.15) is 0 Å². The van der Waals surface area contributed by atoms with Crippen molar-refractivity contribution in [2.75, 3.05) is 26.7 Å². The average Bonchev–Trinajstić information content (AvgIpc) is 2.58. The molecule has 2 aliphatic rings. The molecule has 2 heterocycles. The van der Waals surface area contributed by atoms with E-state index in [0.29, 0.717) is 32.4 Å². The largest absolute Gasteiger partial charge is 0.535 e. The first-order valence-corrected chi connectivity index (χ1v) is 8.71. The van der Waals surface area contributed by atoms with E-state index in [9.17, 15) is 19.7 Å². The third kappa shape index (κ3) is 4.52. The van der Waals surface area contributed by atoms with Crippen molar-refractivity contribution in [2.24, 2.45) is 5.73 Å². The summed E-state index contributed by atoms with van der Waals surface area (Å²) in [5, 5.41) is 19.3. The lowest BCUT2D eigenvalue weighted by molar-refractivity contribution is -0.148. The lowest BCUT2D eigenvalue weighted by Crippen LogP contribution is -2.62. The van der Waals surface area contributed by atoms with Crippen LogP contribution in [0.2, 0.25) is 6.32 Å². The lowest BCUT2D eigenvalue weighted by atomic mass is 9.78. The van der Waals surface area contributed by atoms with Crippen LogP contribution in [0.1, 0.15) is 22.8 Å². The van der Waals surface area contributed by atoms with Gasteiger partial charge in [-0.1, -0.05) is 6.07 Å². The summed E-state index contributed by atoms with van der Waals surface area (Å²) in [6.45, 7) is 2.92. The highest BCUT2D eigenvalue weighted by molar-refractivity contribution is 6.44. The van der Waals surface area contributed by atoms with Crippen LogP contribution < -0.4 is 15.1 Å². The van der Waals surface area contributed by atoms with E-state index >= 15 is 0 Å². The maximum atomic E-state index is 11.7. The molecule has 0 amide bonds. The highest BCUT2D eigenvalue weighted by atomic mass is 35.5. The molecule has 0 bridgehead atoms. The molecule has 0 aliphatic carbocycles. The maximum absolute atomic E-state index is 11.7. The quantitative estimate of drug-likeness (QED) is 0.440. The van der Waals surface area contributed by atoms with Crippen molar-refractivity contribution >= 4 is 31.5 Å². The number of nitrogens with zero attached hydrogens (tertiary/aromatic N) is 1. The molecule has 4 N–H and O–H groups in total. The maximum Gasteiger partial charge on any atom is 0.522 e. The van der Waals surface area contributed by atoms with Gasteiger partial charge in [-0.3, -0.25) is 9.69 Å². The van der Waals surface area contributed by atoms with Gasteiger partial charge in [0, 0.05) is 19.6 Å². The van der Waals surface area contributed by atoms with E-state index in [0.717, 1.165) is 5.56 Å². The van der Waals surface area contributed by atoms with Crippen molar-refractivity contribution in [3.63, 3.8) is 0 Å². The monoisotopic (exact) mass is 414 g/mol. The minimum Gasteiger partial charge on any atom is -0.535 e. The molecule has 3 rings (SSSR count). The zero-order chi connectivity index (χ0) is 19.8. The summed E-state index contributed by atoms with van der Waals surface area (Å²) in [7, 11) is 0.267. The predicted molar refractivity (Wildman–Crippen MR) is 103 cm³/mol. The van der Waals surface area contributed by atoms with E-state index < -0.39 is 24.6 Å². The van der Waals surface area contributed by atoms with E-state index in [1.807, 2.05) is 4.90 Å². The Hall–Kier alpha value is -2.01. The SMILES string of the molecule is COC(=O)[C@](C)(N)CN1CC(Oc2ccc3c(c2C(=O)O)OB(O)CC3)C1.Cl. The van der Waals surface area contributed by atoms with Gasteiger partial charge in [0.2, 0.25) is 0 Å². The van der Waals surface area contributed by atoms with Gasteiger partial charge in [-0.05, 0) is 31.3 Å². The Morgan fingerprint density at radius 1 is 1.43 bits per heavy atom. The fourth-order valence-electron chi connectivity index (χ4n) is 3.38. The van der Waals surface area contributed by atoms with Crippen LogP contribution in [0.15, 0.2) is 12.1 Å². The van der Waals surface area contributed by atoms with Crippen LogP contribution in [0.5, 0.6) is 11.5 Å². The summed E-state index contributed by atoms with van der Waals surface area (Å²) in [5.41, 5.74) is 5.49. The fraction of sp³-hybridized carbons (Fsp3) is 0.529. The highest BCUT2D eigenvalue weighted by Crippen LogP contribution is 2.37. The van der Waals surface area contributed by atoms with Crippen LogP contribution in [0.3, 0.4) is 0 Å². The molecule has 28 heavy (non-hydrogen) atoms. The molecule has 1 fully saturated rings. The zero-order valence-corrected chi connectivity index (χ0v) is 16.5. The number of carbonyl (C=O) groups excluding carboxylic acids is 1. The second kappa shape index (κ2) is 8.56. The van der Waals surface area contributed by atoms with Gasteiger partial charge >= 0.3 is 19.1 Å². The number of hydrogen-bond donors (Lipinski definition) is 3. The molecule has 1 saturated heterocycles. The molecule has 1 atom stereocenters. The standard InChI is InChI=1S/C17H23BN2O7.ClH/c1-17(19,16(23)25-2)9-20-7-11(8-20)26-12-4-3-10-5-6-18(24)27-14(10)13(12)15(21)22;/h3-4,11,24H,5-9,19H2,1-2H3,(H,21,22);1H/t17-;/m1./s1. The summed E-state index contributed by atoms with van der Waals surface area (Å²) < 4.78 is 15.9. The number of carboxylic acid groups (broad SMARTS) is 1. The van der Waals surface area contributed by atoms with E-state index in [1.54, 1.807) is 19.1 Å². The number of esters is 1. The molecule has 154 valence electrons. The van der Waals surface area contributed by atoms with Crippen LogP contribution in [-0.2, 0) is 16.0 Å². The third-order valence-corrected chi connectivity index (χ3v) is 4.75. The number of hydrogen-bond acceptors (Lipinski definition) is 8. The molecule has 0 aromatic heterocycles. The number of ether oxygens (including phenoxy) is 2. The normalized spacial score (nSPS) is 18.6. The summed E-state index contributed by atoms with van der Waals surface area (Å²) in [5.74, 6) is -1.31. The number of halogens is 1. The van der Waals surface area contributed by atoms with Gasteiger partial charge in [0.25, 0.3) is 0 Å². The second-order valence-electron chi connectivity index (χ2n) is 7.19. The Kier molecular flexibility index (Phi) is 6.82. The minimum absolute atomic E-state index is 0. The van der Waals surface area contributed by atoms with Crippen LogP contribution >= 0.6 is 12.4 Å². The summed E-state index contributed by atoms with van der Waals surface area (Å²) in [6.07, 6.45) is 0.724. The molecule has 0 unspecified atom stereocenters. The topological polar surface area (TPSA) is 132 Å². The number of aromatic carboxylic acids is 1. The Labute approximate surface area is 169 Å².